The van der Waals surface area contributed by atoms with Gasteiger partial charge in [-0.05, 0) is 67.2 Å². The van der Waals surface area contributed by atoms with E-state index in [1.165, 1.54) is 0 Å². The molecule has 0 radical (unpaired) electrons. The third-order valence-electron chi connectivity index (χ3n) is 7.95. The van der Waals surface area contributed by atoms with Crippen LogP contribution in [0.15, 0.2) is 84.9 Å². The van der Waals surface area contributed by atoms with Crippen LogP contribution in [0.1, 0.15) is 41.3 Å². The molecule has 0 unspecified atom stereocenters. The van der Waals surface area contributed by atoms with Gasteiger partial charge in [-0.2, -0.15) is 0 Å². The van der Waals surface area contributed by atoms with E-state index in [0.717, 1.165) is 16.8 Å². The number of hydrogen-bond acceptors (Lipinski definition) is 4. The fourth-order valence-electron chi connectivity index (χ4n) is 6.00. The van der Waals surface area contributed by atoms with Crippen LogP contribution in [0.5, 0.6) is 0 Å². The highest BCUT2D eigenvalue weighted by atomic mass is 28.4. The molecule has 0 spiro atoms. The molecule has 1 aliphatic heterocycles. The van der Waals surface area contributed by atoms with Gasteiger partial charge in [0.05, 0.1) is 25.2 Å². The number of rotatable bonds is 12. The van der Waals surface area contributed by atoms with Crippen molar-refractivity contribution in [3.63, 3.8) is 0 Å². The van der Waals surface area contributed by atoms with E-state index in [0.29, 0.717) is 24.9 Å². The highest BCUT2D eigenvalue weighted by Crippen LogP contribution is 2.47. The van der Waals surface area contributed by atoms with Crippen LogP contribution < -0.4 is 5.32 Å². The lowest BCUT2D eigenvalue weighted by molar-refractivity contribution is -0.135. The Balaban J connectivity index is 1.40. The van der Waals surface area contributed by atoms with E-state index in [1.54, 1.807) is 30.1 Å². The number of hydrogen-bond donors (Lipinski definition) is 2. The Bertz CT molecular complexity index is 1290. The van der Waals surface area contributed by atoms with Crippen molar-refractivity contribution in [1.82, 2.24) is 4.90 Å². The summed E-state index contributed by atoms with van der Waals surface area (Å²) >= 11 is 0. The van der Waals surface area contributed by atoms with Gasteiger partial charge >= 0.3 is 0 Å². The molecule has 3 aromatic carbocycles. The maximum Gasteiger partial charge on any atom is 0.255 e. The summed E-state index contributed by atoms with van der Waals surface area (Å²) in [7, 11) is -3.15. The van der Waals surface area contributed by atoms with Crippen LogP contribution in [-0.4, -0.2) is 55.6 Å². The van der Waals surface area contributed by atoms with Crippen molar-refractivity contribution in [1.29, 1.82) is 0 Å². The summed E-state index contributed by atoms with van der Waals surface area (Å²) in [5.74, 6) is -0.324. The molecule has 1 saturated heterocycles. The summed E-state index contributed by atoms with van der Waals surface area (Å²) in [5.41, 5.74) is 3.04. The fraction of sp³-hybridized carbons (Fsp3) is 0.394. The number of amides is 2. The number of anilines is 1. The minimum absolute atomic E-state index is 0.0270. The van der Waals surface area contributed by atoms with Crippen LogP contribution in [0.2, 0.25) is 18.6 Å². The number of benzene rings is 3. The number of nitrogens with one attached hydrogen (secondary N) is 1. The van der Waals surface area contributed by atoms with Gasteiger partial charge in [-0.1, -0.05) is 67.6 Å². The second kappa shape index (κ2) is 14.0. The lowest BCUT2D eigenvalue weighted by Crippen LogP contribution is -2.40. The average molecular weight is 577 g/mol. The molecule has 0 saturated carbocycles. The van der Waals surface area contributed by atoms with E-state index >= 15 is 4.11 Å². The Morgan fingerprint density at radius 3 is 2.27 bits per heavy atom. The van der Waals surface area contributed by atoms with E-state index in [4.69, 9.17) is 4.74 Å². The minimum atomic E-state index is -3.15. The third kappa shape index (κ3) is 8.35. The number of ether oxygens (including phenoxy) is 1. The maximum atomic E-state index is 15.6. The van der Waals surface area contributed by atoms with Crippen molar-refractivity contribution >= 4 is 25.9 Å². The first-order valence-corrected chi connectivity index (χ1v) is 17.3. The summed E-state index contributed by atoms with van der Waals surface area (Å²) in [6, 6.07) is 26.5. The summed E-state index contributed by atoms with van der Waals surface area (Å²) in [4.78, 5) is 27.6. The SMILES string of the molecule is C[C@@H]1[C@@H]([Si](C)(C)F)[C@H](CC(=O)N(CCO)Cc2ccccc2)O[C@@H]1CCc1cccc(NC(=O)c2ccccc2)c1. The predicted octanol–water partition coefficient (Wildman–Crippen LogP) is 6.23. The summed E-state index contributed by atoms with van der Waals surface area (Å²) < 4.78 is 22.1. The van der Waals surface area contributed by atoms with E-state index < -0.39 is 14.5 Å². The van der Waals surface area contributed by atoms with Crippen molar-refractivity contribution in [3.05, 3.63) is 102 Å². The van der Waals surface area contributed by atoms with E-state index in [-0.39, 0.29) is 48.9 Å². The van der Waals surface area contributed by atoms with Gasteiger partial charge in [0.15, 0.2) is 0 Å². The first-order chi connectivity index (χ1) is 19.7. The fourth-order valence-corrected chi connectivity index (χ4v) is 8.55. The van der Waals surface area contributed by atoms with Crippen molar-refractivity contribution < 1.29 is 23.5 Å². The molecular weight excluding hydrogens is 535 g/mol. The lowest BCUT2D eigenvalue weighted by Gasteiger charge is -2.30. The second-order valence-electron chi connectivity index (χ2n) is 11.5. The molecule has 2 N–H and O–H groups in total. The zero-order valence-corrected chi connectivity index (χ0v) is 25.1. The number of halogens is 1. The largest absolute Gasteiger partial charge is 0.395 e. The normalized spacial score (nSPS) is 20.5. The summed E-state index contributed by atoms with van der Waals surface area (Å²) in [5, 5.41) is 12.5. The van der Waals surface area contributed by atoms with Crippen LogP contribution in [0.25, 0.3) is 0 Å². The van der Waals surface area contributed by atoms with Gasteiger partial charge in [0.25, 0.3) is 5.91 Å². The van der Waals surface area contributed by atoms with Crippen molar-refractivity contribution in [2.75, 3.05) is 18.5 Å². The second-order valence-corrected chi connectivity index (χ2v) is 15.2. The average Bonchev–Trinajstić information content (AvgIpc) is 3.27. The smallest absolute Gasteiger partial charge is 0.255 e. The molecule has 6 nitrogen and oxygen atoms in total. The molecule has 3 aromatic rings. The first-order valence-electron chi connectivity index (χ1n) is 14.4. The number of nitrogens with zero attached hydrogens (tertiary/aromatic N) is 1. The van der Waals surface area contributed by atoms with Gasteiger partial charge in [-0.3, -0.25) is 9.59 Å². The molecule has 2 amide bonds. The van der Waals surface area contributed by atoms with Crippen molar-refractivity contribution in [2.24, 2.45) is 5.92 Å². The topological polar surface area (TPSA) is 78.9 Å². The van der Waals surface area contributed by atoms with Gasteiger partial charge in [0.1, 0.15) is 0 Å². The van der Waals surface area contributed by atoms with Crippen molar-refractivity contribution in [2.45, 2.75) is 63.6 Å². The third-order valence-corrected chi connectivity index (χ3v) is 10.4. The summed E-state index contributed by atoms with van der Waals surface area (Å²) in [6.07, 6.45) is 0.814. The van der Waals surface area contributed by atoms with Gasteiger partial charge in [0, 0.05) is 29.9 Å². The number of aliphatic hydroxyl groups excluding tert-OH is 1. The highest BCUT2D eigenvalue weighted by Gasteiger charge is 2.51. The molecule has 0 bridgehead atoms. The number of aliphatic hydroxyl groups is 1. The number of carbonyl (C=O) groups is 2. The van der Waals surface area contributed by atoms with Crippen LogP contribution in [0, 0.1) is 5.92 Å². The van der Waals surface area contributed by atoms with E-state index in [9.17, 15) is 14.7 Å². The van der Waals surface area contributed by atoms with Crippen LogP contribution in [0.3, 0.4) is 0 Å². The van der Waals surface area contributed by atoms with Gasteiger partial charge in [-0.25, -0.2) is 0 Å². The lowest BCUT2D eigenvalue weighted by atomic mass is 9.95. The molecule has 41 heavy (non-hydrogen) atoms. The van der Waals surface area contributed by atoms with Gasteiger partial charge < -0.3 is 24.2 Å². The van der Waals surface area contributed by atoms with Crippen LogP contribution in [0.4, 0.5) is 9.80 Å². The molecule has 4 rings (SSSR count). The number of carbonyl (C=O) groups excluding carboxylic acids is 2. The van der Waals surface area contributed by atoms with Crippen LogP contribution >= 0.6 is 0 Å². The molecule has 1 fully saturated rings. The minimum Gasteiger partial charge on any atom is -0.395 e. The van der Waals surface area contributed by atoms with E-state index in [2.05, 4.69) is 5.32 Å². The molecule has 1 heterocycles. The Morgan fingerprint density at radius 1 is 0.951 bits per heavy atom. The Labute approximate surface area is 243 Å². The molecule has 4 atom stereocenters. The molecule has 1 aliphatic rings. The van der Waals surface area contributed by atoms with Gasteiger partial charge in [-0.15, -0.1) is 0 Å². The number of aryl methyl sites for hydroxylation is 1. The zero-order valence-electron chi connectivity index (χ0n) is 24.1. The van der Waals surface area contributed by atoms with Crippen LogP contribution in [-0.2, 0) is 22.5 Å². The van der Waals surface area contributed by atoms with Crippen molar-refractivity contribution in [3.8, 4) is 0 Å². The Kier molecular flexibility index (Phi) is 10.5. The van der Waals surface area contributed by atoms with Gasteiger partial charge in [0.2, 0.25) is 14.3 Å². The monoisotopic (exact) mass is 576 g/mol. The Morgan fingerprint density at radius 2 is 1.61 bits per heavy atom. The predicted molar refractivity (Wildman–Crippen MR) is 163 cm³/mol. The molecule has 218 valence electrons. The molecule has 0 aliphatic carbocycles. The zero-order chi connectivity index (χ0) is 29.4. The standard InChI is InChI=1S/C33H41FN2O4Si/c1-24-29(18-17-25-13-10-16-28(21-25)35-33(39)27-14-8-5-9-15-27)40-30(32(24)41(2,3)34)22-31(38)36(19-20-37)23-26-11-6-4-7-12-26/h4-16,21,24,29-30,32,37H,17-20,22-23H2,1-3H3,(H,35,39)/t24-,29+,30-,32+/m0/s1. The van der Waals surface area contributed by atoms with E-state index in [1.807, 2.05) is 79.7 Å². The Hall–Kier alpha value is -3.33. The molecular formula is C33H41FN2O4Si. The first kappa shape index (κ1) is 30.6. The quantitative estimate of drug-likeness (QED) is 0.198. The summed E-state index contributed by atoms with van der Waals surface area (Å²) in [6.45, 7) is 5.92. The highest BCUT2D eigenvalue weighted by molar-refractivity contribution is 6.72. The molecule has 0 aromatic heterocycles. The molecule has 8 heteroatoms. The maximum absolute atomic E-state index is 15.6.